The Morgan fingerprint density at radius 2 is 0.544 bits per heavy atom. The van der Waals surface area contributed by atoms with Gasteiger partial charge in [0.1, 0.15) is 13.2 Å². The van der Waals surface area contributed by atoms with Crippen LogP contribution in [0.15, 0.2) is 109 Å². The second-order valence-electron chi connectivity index (χ2n) is 22.0. The third kappa shape index (κ3) is 64.8. The lowest BCUT2D eigenvalue weighted by atomic mass is 10.0. The molecule has 0 heterocycles. The van der Waals surface area contributed by atoms with E-state index in [1.54, 1.807) is 6.08 Å². The molecule has 6 heteroatoms. The second kappa shape index (κ2) is 66.6. The van der Waals surface area contributed by atoms with E-state index in [-0.39, 0.29) is 31.6 Å². The summed E-state index contributed by atoms with van der Waals surface area (Å²) in [5.74, 6) is -1.04. The maximum atomic E-state index is 12.9. The topological polar surface area (TPSA) is 78.9 Å². The van der Waals surface area contributed by atoms with Crippen LogP contribution in [0.5, 0.6) is 0 Å². The highest BCUT2D eigenvalue weighted by Crippen LogP contribution is 2.16. The van der Waals surface area contributed by atoms with Crippen LogP contribution in [0.1, 0.15) is 316 Å². The summed E-state index contributed by atoms with van der Waals surface area (Å²) in [5.41, 5.74) is 0. The Bertz CT molecular complexity index is 1590. The SMILES string of the molecule is CC/C=C\C/C=C\C/C=C\C/C=C\C/C=C\CC(=O)OCC(COC(=O)CCCCCCCCCCCC/C=C\C/C=C\C/C=C\CCCCCCC)OC(=O)CCCCCCCCCCC/C=C\CCCCCCCCCC. The lowest BCUT2D eigenvalue weighted by molar-refractivity contribution is -0.166. The zero-order valence-corrected chi connectivity index (χ0v) is 51.9. The van der Waals surface area contributed by atoms with Crippen LogP contribution in [0, 0.1) is 0 Å². The van der Waals surface area contributed by atoms with Gasteiger partial charge in [0, 0.05) is 12.8 Å². The van der Waals surface area contributed by atoms with Crippen LogP contribution in [0.4, 0.5) is 0 Å². The van der Waals surface area contributed by atoms with Crippen molar-refractivity contribution in [1.82, 2.24) is 0 Å². The number of hydrogen-bond donors (Lipinski definition) is 0. The predicted molar refractivity (Wildman–Crippen MR) is 343 cm³/mol. The Morgan fingerprint density at radius 1 is 0.278 bits per heavy atom. The second-order valence-corrected chi connectivity index (χ2v) is 22.0. The molecule has 0 radical (unpaired) electrons. The van der Waals surface area contributed by atoms with E-state index < -0.39 is 12.1 Å². The van der Waals surface area contributed by atoms with E-state index in [0.29, 0.717) is 12.8 Å². The molecule has 0 aromatic heterocycles. The molecular weight excluding hydrogens is 973 g/mol. The summed E-state index contributed by atoms with van der Waals surface area (Å²) in [6.45, 7) is 6.45. The molecule has 0 aromatic rings. The molecule has 0 amide bonds. The number of ether oxygens (including phenoxy) is 3. The molecular formula is C73H124O6. The minimum atomic E-state index is -0.824. The Morgan fingerprint density at radius 3 is 0.899 bits per heavy atom. The fourth-order valence-corrected chi connectivity index (χ4v) is 9.28. The first-order chi connectivity index (χ1) is 39.0. The van der Waals surface area contributed by atoms with Crippen LogP contribution in [-0.4, -0.2) is 37.2 Å². The Kier molecular flexibility index (Phi) is 63.3. The van der Waals surface area contributed by atoms with Crippen LogP contribution >= 0.6 is 0 Å². The van der Waals surface area contributed by atoms with Crippen molar-refractivity contribution in [3.8, 4) is 0 Å². The minimum Gasteiger partial charge on any atom is -0.462 e. The summed E-state index contributed by atoms with van der Waals surface area (Å²) >= 11 is 0. The largest absolute Gasteiger partial charge is 0.462 e. The summed E-state index contributed by atoms with van der Waals surface area (Å²) in [5, 5.41) is 0. The molecule has 6 nitrogen and oxygen atoms in total. The highest BCUT2D eigenvalue weighted by Gasteiger charge is 2.19. The van der Waals surface area contributed by atoms with Gasteiger partial charge in [0.05, 0.1) is 6.42 Å². The van der Waals surface area contributed by atoms with E-state index in [0.717, 1.165) is 83.5 Å². The van der Waals surface area contributed by atoms with Crippen molar-refractivity contribution in [2.45, 2.75) is 322 Å². The van der Waals surface area contributed by atoms with Gasteiger partial charge < -0.3 is 14.2 Å². The van der Waals surface area contributed by atoms with Crippen molar-refractivity contribution in [2.75, 3.05) is 13.2 Å². The number of carbonyl (C=O) groups is 3. The summed E-state index contributed by atoms with van der Waals surface area (Å²) < 4.78 is 16.8. The fraction of sp³-hybridized carbons (Fsp3) is 0.712. The van der Waals surface area contributed by atoms with Gasteiger partial charge in [-0.15, -0.1) is 0 Å². The van der Waals surface area contributed by atoms with Gasteiger partial charge in [0.25, 0.3) is 0 Å². The predicted octanol–water partition coefficient (Wildman–Crippen LogP) is 23.0. The van der Waals surface area contributed by atoms with Crippen molar-refractivity contribution in [1.29, 1.82) is 0 Å². The van der Waals surface area contributed by atoms with Gasteiger partial charge >= 0.3 is 17.9 Å². The lowest BCUT2D eigenvalue weighted by Gasteiger charge is -2.18. The zero-order chi connectivity index (χ0) is 57.1. The lowest BCUT2D eigenvalue weighted by Crippen LogP contribution is -2.30. The molecule has 1 unspecified atom stereocenters. The summed E-state index contributed by atoms with van der Waals surface area (Å²) in [7, 11) is 0. The van der Waals surface area contributed by atoms with Crippen molar-refractivity contribution in [3.05, 3.63) is 109 Å². The van der Waals surface area contributed by atoms with E-state index in [9.17, 15) is 14.4 Å². The summed E-state index contributed by atoms with van der Waals surface area (Å²) in [4.78, 5) is 38.3. The normalized spacial score (nSPS) is 12.8. The number of rotatable bonds is 60. The molecule has 1 atom stereocenters. The highest BCUT2D eigenvalue weighted by atomic mass is 16.6. The van der Waals surface area contributed by atoms with E-state index in [2.05, 4.69) is 118 Å². The Balaban J connectivity index is 4.41. The first-order valence-electron chi connectivity index (χ1n) is 33.4. The third-order valence-corrected chi connectivity index (χ3v) is 14.3. The average Bonchev–Trinajstić information content (AvgIpc) is 3.45. The highest BCUT2D eigenvalue weighted by molar-refractivity contribution is 5.72. The standard InChI is InChI=1S/C73H124O6/c1-4-7-10-13-16-19-22-25-28-30-32-34-35-36-37-39-40-42-45-48-51-54-57-60-63-66-72(75)78-69-70(68-77-71(74)65-62-59-56-53-50-47-44-27-24-21-18-15-12-9-6-3)79-73(76)67-64-61-58-55-52-49-46-43-41-38-33-31-29-26-23-20-17-14-11-8-5-2/h9,12,18,21-22,25,27,30-33,35-36,44,50,53,59,62,70H,4-8,10-11,13-17,19-20,23-24,26,28-29,34,37-43,45-49,51-52,54-58,60-61,63-69H2,1-3H3/b12-9-,21-18-,25-22-,32-30-,33-31-,36-35-,44-27-,53-50-,62-59-. The molecule has 0 rings (SSSR count). The molecule has 0 N–H and O–H groups in total. The smallest absolute Gasteiger partial charge is 0.309 e. The van der Waals surface area contributed by atoms with Crippen LogP contribution in [0.2, 0.25) is 0 Å². The molecule has 0 aromatic carbocycles. The quantitative estimate of drug-likeness (QED) is 0.0261. The molecule has 0 saturated heterocycles. The zero-order valence-electron chi connectivity index (χ0n) is 51.9. The summed E-state index contributed by atoms with van der Waals surface area (Å²) in [6, 6.07) is 0. The van der Waals surface area contributed by atoms with Gasteiger partial charge in [-0.1, -0.05) is 297 Å². The number of hydrogen-bond acceptors (Lipinski definition) is 6. The average molecular weight is 1100 g/mol. The monoisotopic (exact) mass is 1100 g/mol. The molecule has 452 valence electrons. The molecule has 0 aliphatic heterocycles. The van der Waals surface area contributed by atoms with Crippen LogP contribution < -0.4 is 0 Å². The molecule has 79 heavy (non-hydrogen) atoms. The third-order valence-electron chi connectivity index (χ3n) is 14.3. The summed E-state index contributed by atoms with van der Waals surface area (Å²) in [6.07, 6.45) is 91.3. The van der Waals surface area contributed by atoms with Crippen molar-refractivity contribution >= 4 is 17.9 Å². The molecule has 0 aliphatic rings. The van der Waals surface area contributed by atoms with Crippen LogP contribution in [0.25, 0.3) is 0 Å². The molecule has 0 spiro atoms. The number of carbonyl (C=O) groups excluding carboxylic acids is 3. The van der Waals surface area contributed by atoms with Crippen molar-refractivity contribution in [2.24, 2.45) is 0 Å². The number of allylic oxidation sites excluding steroid dienone is 17. The maximum absolute atomic E-state index is 12.9. The Hall–Kier alpha value is -3.93. The Labute approximate surface area is 489 Å². The fourth-order valence-electron chi connectivity index (χ4n) is 9.28. The van der Waals surface area contributed by atoms with Crippen molar-refractivity contribution in [3.63, 3.8) is 0 Å². The van der Waals surface area contributed by atoms with Crippen LogP contribution in [-0.2, 0) is 28.6 Å². The molecule has 0 aliphatic carbocycles. The van der Waals surface area contributed by atoms with E-state index in [1.165, 1.54) is 193 Å². The minimum absolute atomic E-state index is 0.111. The van der Waals surface area contributed by atoms with E-state index in [4.69, 9.17) is 14.2 Å². The van der Waals surface area contributed by atoms with Gasteiger partial charge in [0.15, 0.2) is 6.10 Å². The molecule has 0 fully saturated rings. The maximum Gasteiger partial charge on any atom is 0.309 e. The molecule has 0 bridgehead atoms. The molecule has 0 saturated carbocycles. The van der Waals surface area contributed by atoms with Gasteiger partial charge in [-0.25, -0.2) is 0 Å². The first kappa shape index (κ1) is 75.1. The number of unbranched alkanes of at least 4 members (excludes halogenated alkanes) is 32. The van der Waals surface area contributed by atoms with E-state index >= 15 is 0 Å². The van der Waals surface area contributed by atoms with Crippen molar-refractivity contribution < 1.29 is 28.6 Å². The van der Waals surface area contributed by atoms with Gasteiger partial charge in [0.2, 0.25) is 0 Å². The van der Waals surface area contributed by atoms with E-state index in [1.807, 2.05) is 6.08 Å². The number of esters is 3. The van der Waals surface area contributed by atoms with Gasteiger partial charge in [-0.3, -0.25) is 14.4 Å². The first-order valence-corrected chi connectivity index (χ1v) is 33.4. The van der Waals surface area contributed by atoms with Crippen LogP contribution in [0.3, 0.4) is 0 Å². The van der Waals surface area contributed by atoms with Gasteiger partial charge in [-0.05, 0) is 109 Å². The van der Waals surface area contributed by atoms with Gasteiger partial charge in [-0.2, -0.15) is 0 Å².